The molecule has 28 heavy (non-hydrogen) atoms. The lowest BCUT2D eigenvalue weighted by Crippen LogP contribution is -2.48. The maximum absolute atomic E-state index is 12.8. The molecule has 0 spiro atoms. The van der Waals surface area contributed by atoms with Crippen LogP contribution in [0.4, 0.5) is 0 Å². The normalized spacial score (nSPS) is 15.6. The minimum atomic E-state index is -0.959. The number of carbonyl (C=O) groups is 2. The first-order chi connectivity index (χ1) is 13.5. The zero-order valence-corrected chi connectivity index (χ0v) is 16.2. The summed E-state index contributed by atoms with van der Waals surface area (Å²) in [6.07, 6.45) is 1.93. The van der Waals surface area contributed by atoms with Crippen LogP contribution in [0.1, 0.15) is 29.5 Å². The van der Waals surface area contributed by atoms with E-state index in [0.717, 1.165) is 22.4 Å². The summed E-state index contributed by atoms with van der Waals surface area (Å²) in [4.78, 5) is 26.0. The second kappa shape index (κ2) is 8.78. The molecule has 1 unspecified atom stereocenters. The van der Waals surface area contributed by atoms with Gasteiger partial charge in [-0.15, -0.1) is 0 Å². The Labute approximate surface area is 164 Å². The maximum Gasteiger partial charge on any atom is 0.326 e. The highest BCUT2D eigenvalue weighted by Gasteiger charge is 2.34. The van der Waals surface area contributed by atoms with Gasteiger partial charge in [0.2, 0.25) is 5.91 Å². The average Bonchev–Trinajstić information content (AvgIpc) is 2.72. The van der Waals surface area contributed by atoms with Crippen LogP contribution in [-0.4, -0.2) is 42.1 Å². The highest BCUT2D eigenvalue weighted by molar-refractivity contribution is 5.84. The van der Waals surface area contributed by atoms with Gasteiger partial charge in [0.15, 0.2) is 0 Å². The molecular formula is C22H25NO5. The summed E-state index contributed by atoms with van der Waals surface area (Å²) in [5, 5.41) is 9.58. The van der Waals surface area contributed by atoms with E-state index in [-0.39, 0.29) is 5.91 Å². The number of aryl methyl sites for hydroxylation is 1. The van der Waals surface area contributed by atoms with Crippen molar-refractivity contribution in [3.8, 4) is 11.5 Å². The number of carboxylic acids is 1. The summed E-state index contributed by atoms with van der Waals surface area (Å²) in [5.41, 5.74) is 3.02. The van der Waals surface area contributed by atoms with Crippen LogP contribution in [0, 0.1) is 0 Å². The Kier molecular flexibility index (Phi) is 6.19. The van der Waals surface area contributed by atoms with Gasteiger partial charge in [-0.2, -0.15) is 0 Å². The molecule has 0 aromatic heterocycles. The van der Waals surface area contributed by atoms with Crippen molar-refractivity contribution in [2.45, 2.75) is 38.3 Å². The van der Waals surface area contributed by atoms with Crippen molar-refractivity contribution in [3.05, 3.63) is 59.2 Å². The van der Waals surface area contributed by atoms with E-state index in [2.05, 4.69) is 0 Å². The second-order valence-corrected chi connectivity index (χ2v) is 6.88. The smallest absolute Gasteiger partial charge is 0.326 e. The van der Waals surface area contributed by atoms with E-state index >= 15 is 0 Å². The molecule has 1 atom stereocenters. The van der Waals surface area contributed by atoms with Crippen LogP contribution in [0.5, 0.6) is 11.5 Å². The van der Waals surface area contributed by atoms with Crippen LogP contribution in [0.3, 0.4) is 0 Å². The highest BCUT2D eigenvalue weighted by Crippen LogP contribution is 2.27. The molecule has 6 heteroatoms. The van der Waals surface area contributed by atoms with Crippen LogP contribution in [-0.2, 0) is 29.0 Å². The summed E-state index contributed by atoms with van der Waals surface area (Å²) >= 11 is 0. The largest absolute Gasteiger partial charge is 0.497 e. The lowest BCUT2D eigenvalue weighted by atomic mass is 9.93. The molecule has 1 heterocycles. The van der Waals surface area contributed by atoms with Gasteiger partial charge in [-0.3, -0.25) is 4.79 Å². The van der Waals surface area contributed by atoms with Gasteiger partial charge in [0.1, 0.15) is 17.5 Å². The van der Waals surface area contributed by atoms with E-state index < -0.39 is 12.0 Å². The minimum absolute atomic E-state index is 0.130. The molecule has 1 aliphatic heterocycles. The molecule has 0 fully saturated rings. The van der Waals surface area contributed by atoms with Gasteiger partial charge < -0.3 is 19.5 Å². The maximum atomic E-state index is 12.8. The Morgan fingerprint density at radius 3 is 2.54 bits per heavy atom. The molecular weight excluding hydrogens is 358 g/mol. The van der Waals surface area contributed by atoms with Crippen LogP contribution in [0.25, 0.3) is 0 Å². The Bertz CT molecular complexity index is 864. The van der Waals surface area contributed by atoms with E-state index in [1.165, 1.54) is 4.90 Å². The summed E-state index contributed by atoms with van der Waals surface area (Å²) < 4.78 is 10.6. The number of methoxy groups -OCH3 is 2. The molecule has 1 N–H and O–H groups in total. The molecule has 148 valence electrons. The number of aliphatic carboxylic acids is 1. The number of hydrogen-bond donors (Lipinski definition) is 1. The average molecular weight is 383 g/mol. The quantitative estimate of drug-likeness (QED) is 0.795. The molecule has 0 bridgehead atoms. The summed E-state index contributed by atoms with van der Waals surface area (Å²) in [7, 11) is 3.20. The number of rotatable bonds is 7. The van der Waals surface area contributed by atoms with Gasteiger partial charge in [-0.1, -0.05) is 30.3 Å². The van der Waals surface area contributed by atoms with Gasteiger partial charge >= 0.3 is 5.97 Å². The van der Waals surface area contributed by atoms with E-state index in [0.29, 0.717) is 38.0 Å². The molecule has 6 nitrogen and oxygen atoms in total. The number of carboxylic acid groups (broad SMARTS) is 1. The fourth-order valence-corrected chi connectivity index (χ4v) is 3.64. The zero-order chi connectivity index (χ0) is 20.1. The number of hydrogen-bond acceptors (Lipinski definition) is 4. The second-order valence-electron chi connectivity index (χ2n) is 6.88. The SMILES string of the molecule is COc1ccc(CCCC(=O)N2Cc3ccccc3CC2C(=O)O)c(OC)c1. The first-order valence-corrected chi connectivity index (χ1v) is 9.33. The molecule has 2 aromatic rings. The topological polar surface area (TPSA) is 76.1 Å². The molecule has 2 aromatic carbocycles. The van der Waals surface area contributed by atoms with Crippen molar-refractivity contribution >= 4 is 11.9 Å². The number of amides is 1. The van der Waals surface area contributed by atoms with E-state index in [1.807, 2.05) is 42.5 Å². The summed E-state index contributed by atoms with van der Waals surface area (Å²) in [6, 6.07) is 12.5. The van der Waals surface area contributed by atoms with Gasteiger partial charge in [0.25, 0.3) is 0 Å². The van der Waals surface area contributed by atoms with Crippen LogP contribution < -0.4 is 9.47 Å². The number of carbonyl (C=O) groups excluding carboxylic acids is 1. The van der Waals surface area contributed by atoms with Crippen molar-refractivity contribution in [2.24, 2.45) is 0 Å². The predicted molar refractivity (Wildman–Crippen MR) is 105 cm³/mol. The Morgan fingerprint density at radius 1 is 1.11 bits per heavy atom. The molecule has 0 radical (unpaired) electrons. The van der Waals surface area contributed by atoms with Gasteiger partial charge in [0.05, 0.1) is 14.2 Å². The molecule has 0 aliphatic carbocycles. The summed E-state index contributed by atoms with van der Waals surface area (Å²) in [5.74, 6) is 0.351. The third-order valence-electron chi connectivity index (χ3n) is 5.18. The monoisotopic (exact) mass is 383 g/mol. The fraction of sp³-hybridized carbons (Fsp3) is 0.364. The van der Waals surface area contributed by atoms with Crippen molar-refractivity contribution < 1.29 is 24.2 Å². The highest BCUT2D eigenvalue weighted by atomic mass is 16.5. The third-order valence-corrected chi connectivity index (χ3v) is 5.18. The Balaban J connectivity index is 1.65. The van der Waals surface area contributed by atoms with Gasteiger partial charge in [0, 0.05) is 25.5 Å². The molecule has 1 amide bonds. The van der Waals surface area contributed by atoms with E-state index in [1.54, 1.807) is 14.2 Å². The standard InChI is InChI=1S/C22H25NO5/c1-27-18-11-10-15(20(13-18)28-2)8-5-9-21(24)23-14-17-7-4-3-6-16(17)12-19(23)22(25)26/h3-4,6-7,10-11,13,19H,5,8-9,12,14H2,1-2H3,(H,25,26). The molecule has 1 aliphatic rings. The van der Waals surface area contributed by atoms with Crippen LogP contribution in [0.2, 0.25) is 0 Å². The van der Waals surface area contributed by atoms with Gasteiger partial charge in [-0.25, -0.2) is 4.79 Å². The number of nitrogens with zero attached hydrogens (tertiary/aromatic N) is 1. The van der Waals surface area contributed by atoms with Crippen LogP contribution in [0.15, 0.2) is 42.5 Å². The molecule has 3 rings (SSSR count). The van der Waals surface area contributed by atoms with Crippen LogP contribution >= 0.6 is 0 Å². The first kappa shape index (κ1) is 19.7. The molecule has 0 saturated heterocycles. The van der Waals surface area contributed by atoms with Crippen molar-refractivity contribution in [1.29, 1.82) is 0 Å². The fourth-order valence-electron chi connectivity index (χ4n) is 3.64. The van der Waals surface area contributed by atoms with E-state index in [9.17, 15) is 14.7 Å². The number of benzene rings is 2. The van der Waals surface area contributed by atoms with Crippen molar-refractivity contribution in [1.82, 2.24) is 4.90 Å². The minimum Gasteiger partial charge on any atom is -0.497 e. The Hall–Kier alpha value is -3.02. The summed E-state index contributed by atoms with van der Waals surface area (Å²) in [6.45, 7) is 0.345. The zero-order valence-electron chi connectivity index (χ0n) is 16.2. The molecule has 0 saturated carbocycles. The van der Waals surface area contributed by atoms with Crippen molar-refractivity contribution in [2.75, 3.05) is 14.2 Å². The Morgan fingerprint density at radius 2 is 1.86 bits per heavy atom. The number of fused-ring (bicyclic) bond motifs is 1. The number of ether oxygens (including phenoxy) is 2. The van der Waals surface area contributed by atoms with Gasteiger partial charge in [-0.05, 0) is 35.6 Å². The lowest BCUT2D eigenvalue weighted by molar-refractivity contribution is -0.151. The van der Waals surface area contributed by atoms with E-state index in [4.69, 9.17) is 9.47 Å². The lowest BCUT2D eigenvalue weighted by Gasteiger charge is -2.34. The third kappa shape index (κ3) is 4.27. The van der Waals surface area contributed by atoms with Crippen molar-refractivity contribution in [3.63, 3.8) is 0 Å². The first-order valence-electron chi connectivity index (χ1n) is 9.33. The predicted octanol–water partition coefficient (Wildman–Crippen LogP) is 3.06.